The van der Waals surface area contributed by atoms with E-state index in [1.165, 1.54) is 7.11 Å². The van der Waals surface area contributed by atoms with Crippen LogP contribution in [0.15, 0.2) is 18.2 Å². The van der Waals surface area contributed by atoms with Crippen molar-refractivity contribution in [3.8, 4) is 11.5 Å². The van der Waals surface area contributed by atoms with E-state index >= 15 is 0 Å². The van der Waals surface area contributed by atoms with Crippen LogP contribution in [-0.4, -0.2) is 36.5 Å². The van der Waals surface area contributed by atoms with Crippen molar-refractivity contribution in [2.24, 2.45) is 0 Å². The molecule has 1 aliphatic heterocycles. The quantitative estimate of drug-likeness (QED) is 0.664. The molecule has 7 nitrogen and oxygen atoms in total. The summed E-state index contributed by atoms with van der Waals surface area (Å²) in [7, 11) is 1.19. The van der Waals surface area contributed by atoms with Crippen LogP contribution in [0.5, 0.6) is 11.5 Å². The van der Waals surface area contributed by atoms with Gasteiger partial charge in [-0.1, -0.05) is 6.07 Å². The summed E-state index contributed by atoms with van der Waals surface area (Å²) in [5.74, 6) is 1.06. The van der Waals surface area contributed by atoms with Gasteiger partial charge in [-0.2, -0.15) is 0 Å². The van der Waals surface area contributed by atoms with Crippen LogP contribution in [0.1, 0.15) is 11.6 Å². The maximum Gasteiger partial charge on any atom is 0.407 e. The highest BCUT2D eigenvalue weighted by molar-refractivity contribution is 5.67. The molecule has 3 N–H and O–H groups in total. The number of ether oxygens (including phenoxy) is 3. The van der Waals surface area contributed by atoms with E-state index in [0.29, 0.717) is 17.1 Å². The summed E-state index contributed by atoms with van der Waals surface area (Å²) < 4.78 is 14.7. The SMILES string of the molecule is COC(=O)NC(c1ccc2c(c1)OCO2)C(O)O. The van der Waals surface area contributed by atoms with Gasteiger partial charge >= 0.3 is 6.09 Å². The van der Waals surface area contributed by atoms with Crippen molar-refractivity contribution in [1.29, 1.82) is 0 Å². The van der Waals surface area contributed by atoms with E-state index < -0.39 is 18.4 Å². The van der Waals surface area contributed by atoms with E-state index in [1.54, 1.807) is 18.2 Å². The van der Waals surface area contributed by atoms with Crippen LogP contribution in [0.4, 0.5) is 4.79 Å². The molecule has 0 bridgehead atoms. The zero-order valence-corrected chi connectivity index (χ0v) is 9.62. The third-order valence-corrected chi connectivity index (χ3v) is 2.51. The van der Waals surface area contributed by atoms with Gasteiger partial charge in [-0.05, 0) is 17.7 Å². The Kier molecular flexibility index (Phi) is 3.54. The molecule has 0 aromatic heterocycles. The van der Waals surface area contributed by atoms with Crippen molar-refractivity contribution in [1.82, 2.24) is 5.32 Å². The van der Waals surface area contributed by atoms with Crippen LogP contribution >= 0.6 is 0 Å². The molecule has 7 heteroatoms. The maximum absolute atomic E-state index is 11.1. The lowest BCUT2D eigenvalue weighted by molar-refractivity contribution is -0.0669. The minimum atomic E-state index is -1.76. The Balaban J connectivity index is 2.22. The smallest absolute Gasteiger partial charge is 0.407 e. The zero-order valence-electron chi connectivity index (χ0n) is 9.62. The first kappa shape index (κ1) is 12.5. The molecule has 0 saturated heterocycles. The largest absolute Gasteiger partial charge is 0.454 e. The number of hydrogen-bond acceptors (Lipinski definition) is 6. The van der Waals surface area contributed by atoms with Crippen molar-refractivity contribution in [3.63, 3.8) is 0 Å². The fourth-order valence-electron chi connectivity index (χ4n) is 1.62. The Morgan fingerprint density at radius 1 is 1.39 bits per heavy atom. The summed E-state index contributed by atoms with van der Waals surface area (Å²) in [6, 6.07) is 3.80. The number of nitrogens with one attached hydrogen (secondary N) is 1. The van der Waals surface area contributed by atoms with Crippen LogP contribution in [-0.2, 0) is 4.74 Å². The normalized spacial score (nSPS) is 14.4. The molecule has 1 aromatic carbocycles. The number of aliphatic hydroxyl groups is 2. The molecule has 1 aliphatic rings. The average molecular weight is 255 g/mol. The highest BCUT2D eigenvalue weighted by atomic mass is 16.7. The number of methoxy groups -OCH3 is 1. The molecule has 2 rings (SSSR count). The van der Waals surface area contributed by atoms with Gasteiger partial charge in [-0.25, -0.2) is 4.79 Å². The summed E-state index contributed by atoms with van der Waals surface area (Å²) in [6.07, 6.45) is -2.52. The van der Waals surface area contributed by atoms with Crippen molar-refractivity contribution >= 4 is 6.09 Å². The Morgan fingerprint density at radius 3 is 2.78 bits per heavy atom. The van der Waals surface area contributed by atoms with E-state index in [4.69, 9.17) is 9.47 Å². The first-order valence-corrected chi connectivity index (χ1v) is 5.22. The number of amides is 1. The van der Waals surface area contributed by atoms with Gasteiger partial charge in [0.15, 0.2) is 17.8 Å². The Morgan fingerprint density at radius 2 is 2.11 bits per heavy atom. The van der Waals surface area contributed by atoms with E-state index in [9.17, 15) is 15.0 Å². The van der Waals surface area contributed by atoms with Crippen molar-refractivity contribution in [2.75, 3.05) is 13.9 Å². The number of alkyl carbamates (subject to hydrolysis) is 1. The molecule has 0 aliphatic carbocycles. The molecule has 98 valence electrons. The number of hydrogen-bond donors (Lipinski definition) is 3. The summed E-state index contributed by atoms with van der Waals surface area (Å²) in [4.78, 5) is 11.1. The lowest BCUT2D eigenvalue weighted by Gasteiger charge is -2.20. The Hall–Kier alpha value is -1.99. The third kappa shape index (κ3) is 2.47. The van der Waals surface area contributed by atoms with E-state index in [2.05, 4.69) is 10.1 Å². The molecule has 1 heterocycles. The van der Waals surface area contributed by atoms with Crippen molar-refractivity contribution in [3.05, 3.63) is 23.8 Å². The second kappa shape index (κ2) is 5.11. The lowest BCUT2D eigenvalue weighted by atomic mass is 10.1. The fraction of sp³-hybridized carbons (Fsp3) is 0.364. The van der Waals surface area contributed by atoms with Gasteiger partial charge < -0.3 is 29.7 Å². The van der Waals surface area contributed by atoms with Gasteiger partial charge in [0.1, 0.15) is 6.04 Å². The minimum absolute atomic E-state index is 0.121. The van der Waals surface area contributed by atoms with Crippen LogP contribution in [0, 0.1) is 0 Å². The summed E-state index contributed by atoms with van der Waals surface area (Å²) >= 11 is 0. The molecule has 0 spiro atoms. The van der Waals surface area contributed by atoms with Crippen molar-refractivity contribution in [2.45, 2.75) is 12.3 Å². The molecule has 1 atom stereocenters. The van der Waals surface area contributed by atoms with Gasteiger partial charge in [0.2, 0.25) is 6.79 Å². The average Bonchev–Trinajstić information content (AvgIpc) is 2.82. The predicted octanol–water partition coefficient (Wildman–Crippen LogP) is 0.123. The van der Waals surface area contributed by atoms with E-state index in [-0.39, 0.29) is 6.79 Å². The number of aliphatic hydroxyl groups excluding tert-OH is 1. The summed E-state index contributed by atoms with van der Waals surface area (Å²) in [6.45, 7) is 0.121. The van der Waals surface area contributed by atoms with Crippen LogP contribution < -0.4 is 14.8 Å². The Labute approximate surface area is 103 Å². The zero-order chi connectivity index (χ0) is 13.1. The number of rotatable bonds is 3. The van der Waals surface area contributed by atoms with Gasteiger partial charge in [-0.3, -0.25) is 0 Å². The van der Waals surface area contributed by atoms with Gasteiger partial charge in [0.05, 0.1) is 7.11 Å². The summed E-state index contributed by atoms with van der Waals surface area (Å²) in [5, 5.41) is 20.9. The molecule has 1 aromatic rings. The molecule has 0 saturated carbocycles. The molecule has 1 unspecified atom stereocenters. The number of fused-ring (bicyclic) bond motifs is 1. The number of carbonyl (C=O) groups is 1. The molecule has 0 fully saturated rings. The first-order valence-electron chi connectivity index (χ1n) is 5.22. The van der Waals surface area contributed by atoms with Gasteiger partial charge in [-0.15, -0.1) is 0 Å². The maximum atomic E-state index is 11.1. The minimum Gasteiger partial charge on any atom is -0.454 e. The van der Waals surface area contributed by atoms with Crippen LogP contribution in [0.3, 0.4) is 0 Å². The summed E-state index contributed by atoms with van der Waals surface area (Å²) in [5.41, 5.74) is 0.472. The molecule has 0 radical (unpaired) electrons. The molecular formula is C11H13NO6. The van der Waals surface area contributed by atoms with Crippen molar-refractivity contribution < 1.29 is 29.2 Å². The monoisotopic (exact) mass is 255 g/mol. The lowest BCUT2D eigenvalue weighted by Crippen LogP contribution is -2.36. The van der Waals surface area contributed by atoms with Gasteiger partial charge in [0, 0.05) is 0 Å². The molecular weight excluding hydrogens is 242 g/mol. The van der Waals surface area contributed by atoms with E-state index in [0.717, 1.165) is 0 Å². The number of carbonyl (C=O) groups excluding carboxylic acids is 1. The first-order chi connectivity index (χ1) is 8.61. The second-order valence-corrected chi connectivity index (χ2v) is 3.64. The van der Waals surface area contributed by atoms with E-state index in [1.807, 2.05) is 0 Å². The Bertz CT molecular complexity index is 447. The standard InChI is InChI=1S/C11H13NO6/c1-16-11(15)12-9(10(13)14)6-2-3-7-8(4-6)18-5-17-7/h2-4,9-10,13-14H,5H2,1H3,(H,12,15). The molecule has 18 heavy (non-hydrogen) atoms. The fourth-order valence-corrected chi connectivity index (χ4v) is 1.62. The highest BCUT2D eigenvalue weighted by Crippen LogP contribution is 2.34. The third-order valence-electron chi connectivity index (χ3n) is 2.51. The van der Waals surface area contributed by atoms with Crippen LogP contribution in [0.2, 0.25) is 0 Å². The van der Waals surface area contributed by atoms with Gasteiger partial charge in [0.25, 0.3) is 0 Å². The molecule has 1 amide bonds. The second-order valence-electron chi connectivity index (χ2n) is 3.64. The number of benzene rings is 1. The van der Waals surface area contributed by atoms with Crippen LogP contribution in [0.25, 0.3) is 0 Å². The highest BCUT2D eigenvalue weighted by Gasteiger charge is 2.24. The predicted molar refractivity (Wildman–Crippen MR) is 59.1 cm³/mol. The topological polar surface area (TPSA) is 97.3 Å².